The second kappa shape index (κ2) is 4.74. The second-order valence-electron chi connectivity index (χ2n) is 4.77. The number of piperidine rings is 2. The summed E-state index contributed by atoms with van der Waals surface area (Å²) in [5.41, 5.74) is 0. The third-order valence-corrected chi connectivity index (χ3v) is 3.55. The van der Waals surface area contributed by atoms with Crippen LogP contribution in [0.2, 0.25) is 0 Å². The van der Waals surface area contributed by atoms with Crippen LogP contribution in [-0.2, 0) is 0 Å². The van der Waals surface area contributed by atoms with E-state index in [9.17, 15) is 8.78 Å². The van der Waals surface area contributed by atoms with Crippen molar-refractivity contribution in [2.24, 2.45) is 5.92 Å². The number of nitrogens with zero attached hydrogens (tertiary/aromatic N) is 1. The van der Waals surface area contributed by atoms with E-state index in [2.05, 4.69) is 10.2 Å². The van der Waals surface area contributed by atoms with E-state index in [4.69, 9.17) is 0 Å². The molecule has 0 aromatic rings. The second-order valence-corrected chi connectivity index (χ2v) is 4.77. The normalized spacial score (nSPS) is 32.8. The van der Waals surface area contributed by atoms with Gasteiger partial charge in [-0.15, -0.1) is 0 Å². The zero-order chi connectivity index (χ0) is 10.7. The quantitative estimate of drug-likeness (QED) is 0.759. The summed E-state index contributed by atoms with van der Waals surface area (Å²) in [6, 6.07) is 0. The molecule has 2 rings (SSSR count). The van der Waals surface area contributed by atoms with Crippen molar-refractivity contribution >= 4 is 0 Å². The number of hydrogen-bond donors (Lipinski definition) is 1. The molecular weight excluding hydrogens is 198 g/mol. The number of alkyl halides is 2. The third kappa shape index (κ3) is 2.88. The Bertz CT molecular complexity index is 203. The van der Waals surface area contributed by atoms with Crippen LogP contribution in [0.3, 0.4) is 0 Å². The lowest BCUT2D eigenvalue weighted by molar-refractivity contribution is -0.0882. The predicted octanol–water partition coefficient (Wildman–Crippen LogP) is 1.72. The van der Waals surface area contributed by atoms with Crippen molar-refractivity contribution in [2.75, 3.05) is 32.7 Å². The molecule has 0 aliphatic carbocycles. The highest BCUT2D eigenvalue weighted by atomic mass is 19.3. The molecule has 0 aromatic heterocycles. The Kier molecular flexibility index (Phi) is 3.57. The maximum atomic E-state index is 13.6. The van der Waals surface area contributed by atoms with Gasteiger partial charge in [0.25, 0.3) is 5.92 Å². The molecule has 1 N–H and O–H groups in total. The van der Waals surface area contributed by atoms with Gasteiger partial charge in [-0.3, -0.25) is 0 Å². The van der Waals surface area contributed by atoms with E-state index in [1.54, 1.807) is 0 Å². The van der Waals surface area contributed by atoms with E-state index < -0.39 is 11.8 Å². The minimum Gasteiger partial charge on any atom is -0.316 e. The summed E-state index contributed by atoms with van der Waals surface area (Å²) in [5.74, 6) is -2.94. The largest absolute Gasteiger partial charge is 0.316 e. The van der Waals surface area contributed by atoms with E-state index in [0.29, 0.717) is 19.6 Å². The number of halogens is 2. The first-order valence-electron chi connectivity index (χ1n) is 5.99. The van der Waals surface area contributed by atoms with Gasteiger partial charge in [-0.1, -0.05) is 6.42 Å². The molecule has 2 nitrogen and oxygen atoms in total. The molecule has 2 fully saturated rings. The summed E-state index contributed by atoms with van der Waals surface area (Å²) in [6.07, 6.45) is 3.61. The molecule has 2 aliphatic rings. The first kappa shape index (κ1) is 11.3. The van der Waals surface area contributed by atoms with Gasteiger partial charge in [-0.25, -0.2) is 8.78 Å². The number of likely N-dealkylation sites (tertiary alicyclic amines) is 1. The van der Waals surface area contributed by atoms with Crippen molar-refractivity contribution in [3.05, 3.63) is 0 Å². The Morgan fingerprint density at radius 1 is 1.20 bits per heavy atom. The van der Waals surface area contributed by atoms with Crippen LogP contribution in [0.5, 0.6) is 0 Å². The van der Waals surface area contributed by atoms with Gasteiger partial charge >= 0.3 is 0 Å². The molecule has 2 aliphatic heterocycles. The smallest absolute Gasteiger partial charge is 0.254 e. The number of rotatable bonds is 2. The fourth-order valence-corrected chi connectivity index (χ4v) is 2.54. The predicted molar refractivity (Wildman–Crippen MR) is 56.2 cm³/mol. The highest BCUT2D eigenvalue weighted by Crippen LogP contribution is 2.31. The van der Waals surface area contributed by atoms with Crippen LogP contribution in [0.4, 0.5) is 8.78 Å². The lowest BCUT2D eigenvalue weighted by atomic mass is 9.93. The number of nitrogens with one attached hydrogen (secondary N) is 1. The van der Waals surface area contributed by atoms with Gasteiger partial charge in [0, 0.05) is 32.0 Å². The van der Waals surface area contributed by atoms with Crippen LogP contribution in [0, 0.1) is 5.92 Å². The van der Waals surface area contributed by atoms with Gasteiger partial charge in [-0.2, -0.15) is 0 Å². The molecule has 1 atom stereocenters. The average molecular weight is 218 g/mol. The van der Waals surface area contributed by atoms with Crippen molar-refractivity contribution in [1.29, 1.82) is 0 Å². The van der Waals surface area contributed by atoms with Gasteiger partial charge in [0.2, 0.25) is 0 Å². The van der Waals surface area contributed by atoms with Gasteiger partial charge in [0.15, 0.2) is 0 Å². The molecule has 0 saturated carbocycles. The SMILES string of the molecule is FC1(F)CCNCC1CN1CCCCC1. The minimum absolute atomic E-state index is 0.00546. The Hall–Kier alpha value is -0.220. The molecular formula is C11H20F2N2. The Labute approximate surface area is 90.0 Å². The van der Waals surface area contributed by atoms with Crippen molar-refractivity contribution in [3.8, 4) is 0 Å². The monoisotopic (exact) mass is 218 g/mol. The van der Waals surface area contributed by atoms with Crippen LogP contribution >= 0.6 is 0 Å². The first-order valence-corrected chi connectivity index (χ1v) is 5.99. The van der Waals surface area contributed by atoms with Crippen LogP contribution < -0.4 is 5.32 Å². The molecule has 4 heteroatoms. The first-order chi connectivity index (χ1) is 7.18. The summed E-state index contributed by atoms with van der Waals surface area (Å²) in [7, 11) is 0. The van der Waals surface area contributed by atoms with Crippen LogP contribution in [0.1, 0.15) is 25.7 Å². The summed E-state index contributed by atoms with van der Waals surface area (Å²) in [6.45, 7) is 3.52. The Morgan fingerprint density at radius 2 is 1.93 bits per heavy atom. The molecule has 0 spiro atoms. The third-order valence-electron chi connectivity index (χ3n) is 3.55. The molecule has 1 unspecified atom stereocenters. The van der Waals surface area contributed by atoms with Crippen molar-refractivity contribution in [3.63, 3.8) is 0 Å². The highest BCUT2D eigenvalue weighted by Gasteiger charge is 2.41. The van der Waals surface area contributed by atoms with E-state index in [1.165, 1.54) is 19.3 Å². The molecule has 0 aromatic carbocycles. The van der Waals surface area contributed by atoms with Crippen molar-refractivity contribution in [1.82, 2.24) is 10.2 Å². The minimum atomic E-state index is -2.46. The maximum absolute atomic E-state index is 13.6. The van der Waals surface area contributed by atoms with E-state index in [0.717, 1.165) is 13.1 Å². The Morgan fingerprint density at radius 3 is 2.60 bits per heavy atom. The lowest BCUT2D eigenvalue weighted by Crippen LogP contribution is -2.50. The summed E-state index contributed by atoms with van der Waals surface area (Å²) in [5, 5.41) is 3.07. The van der Waals surface area contributed by atoms with Gasteiger partial charge in [-0.05, 0) is 25.9 Å². The van der Waals surface area contributed by atoms with Crippen LogP contribution in [0.15, 0.2) is 0 Å². The Balaban J connectivity index is 1.85. The van der Waals surface area contributed by atoms with Gasteiger partial charge in [0.1, 0.15) is 0 Å². The van der Waals surface area contributed by atoms with Crippen molar-refractivity contribution in [2.45, 2.75) is 31.6 Å². The molecule has 0 amide bonds. The summed E-state index contributed by atoms with van der Waals surface area (Å²) < 4.78 is 27.1. The molecule has 2 saturated heterocycles. The van der Waals surface area contributed by atoms with Gasteiger partial charge in [0.05, 0.1) is 0 Å². The van der Waals surface area contributed by atoms with Crippen LogP contribution in [-0.4, -0.2) is 43.5 Å². The van der Waals surface area contributed by atoms with Crippen LogP contribution in [0.25, 0.3) is 0 Å². The maximum Gasteiger partial charge on any atom is 0.254 e. The molecule has 15 heavy (non-hydrogen) atoms. The molecule has 88 valence electrons. The molecule has 2 heterocycles. The molecule has 0 bridgehead atoms. The summed E-state index contributed by atoms with van der Waals surface area (Å²) in [4.78, 5) is 2.20. The fraction of sp³-hybridized carbons (Fsp3) is 1.00. The van der Waals surface area contributed by atoms with Crippen molar-refractivity contribution < 1.29 is 8.78 Å². The zero-order valence-corrected chi connectivity index (χ0v) is 9.14. The van der Waals surface area contributed by atoms with E-state index >= 15 is 0 Å². The fourth-order valence-electron chi connectivity index (χ4n) is 2.54. The van der Waals surface area contributed by atoms with E-state index in [-0.39, 0.29) is 6.42 Å². The highest BCUT2D eigenvalue weighted by molar-refractivity contribution is 4.86. The van der Waals surface area contributed by atoms with Gasteiger partial charge < -0.3 is 10.2 Å². The standard InChI is InChI=1S/C11H20F2N2/c12-11(13)4-5-14-8-10(11)9-15-6-2-1-3-7-15/h10,14H,1-9H2. The summed E-state index contributed by atoms with van der Waals surface area (Å²) >= 11 is 0. The average Bonchev–Trinajstić information content (AvgIpc) is 2.23. The zero-order valence-electron chi connectivity index (χ0n) is 9.14. The topological polar surface area (TPSA) is 15.3 Å². The number of hydrogen-bond acceptors (Lipinski definition) is 2. The van der Waals surface area contributed by atoms with E-state index in [1.807, 2.05) is 0 Å². The molecule has 0 radical (unpaired) electrons. The lowest BCUT2D eigenvalue weighted by Gasteiger charge is -2.37.